The first-order chi connectivity index (χ1) is 29.4. The molecule has 2 aliphatic carbocycles. The molecule has 2 aliphatic heterocycles. The van der Waals surface area contributed by atoms with Crippen LogP contribution in [0.5, 0.6) is 0 Å². The van der Waals surface area contributed by atoms with Crippen LogP contribution in [0.25, 0.3) is 0 Å². The molecule has 0 radical (unpaired) electrons. The molecule has 4 rings (SSSR count). The van der Waals surface area contributed by atoms with Gasteiger partial charge in [0.2, 0.25) is 35.4 Å². The predicted octanol–water partition coefficient (Wildman–Crippen LogP) is 2.47. The Balaban J connectivity index is 1.74. The van der Waals surface area contributed by atoms with E-state index in [9.17, 15) is 33.6 Å². The fourth-order valence-corrected chi connectivity index (χ4v) is 9.35. The molecule has 2 saturated heterocycles. The molecular formula is C45H79N9O8. The molecule has 17 nitrogen and oxygen atoms in total. The van der Waals surface area contributed by atoms with Crippen LogP contribution in [0.15, 0.2) is 0 Å². The maximum Gasteiger partial charge on any atom is 0.407 e. The minimum absolute atomic E-state index is 0.149. The van der Waals surface area contributed by atoms with E-state index in [4.69, 9.17) is 4.74 Å². The highest BCUT2D eigenvalue weighted by atomic mass is 16.6. The maximum absolute atomic E-state index is 14.7. The van der Waals surface area contributed by atoms with Crippen LogP contribution in [0.4, 0.5) is 4.79 Å². The molecule has 6 atom stereocenters. The summed E-state index contributed by atoms with van der Waals surface area (Å²) in [6.45, 7) is 15.1. The van der Waals surface area contributed by atoms with Crippen molar-refractivity contribution in [1.29, 1.82) is 0 Å². The van der Waals surface area contributed by atoms with E-state index in [1.165, 1.54) is 4.90 Å². The number of ether oxygens (including phenoxy) is 1. The Morgan fingerprint density at radius 2 is 1.37 bits per heavy atom. The van der Waals surface area contributed by atoms with E-state index < -0.39 is 78.1 Å². The topological polar surface area (TPSA) is 219 Å². The van der Waals surface area contributed by atoms with Crippen molar-refractivity contribution in [3.63, 3.8) is 0 Å². The van der Waals surface area contributed by atoms with Crippen molar-refractivity contribution < 1.29 is 38.3 Å². The first-order valence-corrected chi connectivity index (χ1v) is 23.6. The first kappa shape index (κ1) is 50.7. The fourth-order valence-electron chi connectivity index (χ4n) is 9.35. The molecule has 7 N–H and O–H groups in total. The number of hydrogen-bond donors (Lipinski definition) is 7. The minimum Gasteiger partial charge on any atom is -0.444 e. The Labute approximate surface area is 369 Å². The Hall–Kier alpha value is -3.99. The first-order valence-electron chi connectivity index (χ1n) is 23.6. The van der Waals surface area contributed by atoms with E-state index in [1.54, 1.807) is 27.8 Å². The number of unbranched alkanes of at least 4 members (excludes halogenated alkanes) is 2. The fraction of sp³-hybridized carbons (Fsp3) is 0.844. The van der Waals surface area contributed by atoms with Crippen molar-refractivity contribution in [2.24, 2.45) is 17.3 Å². The molecule has 2 saturated carbocycles. The third-order valence-electron chi connectivity index (χ3n) is 13.0. The zero-order chi connectivity index (χ0) is 45.6. The van der Waals surface area contributed by atoms with Crippen LogP contribution in [-0.4, -0.2) is 140 Å². The summed E-state index contributed by atoms with van der Waals surface area (Å²) >= 11 is 0. The molecule has 62 heavy (non-hydrogen) atoms. The SMILES string of the molecule is CCCC[C@H]1C(=O)N(C)[C@@H](CCC)C(=O)N[C@@H](C2CCCCC2)C(=O)N[C@@H](CNC(=O)OC(C)(C)C)C(=O)N[C@@H](CNC(=O)C2CC3(CNC3)C2)C(=O)N[C@H](C)CN1CCCC. The van der Waals surface area contributed by atoms with Gasteiger partial charge >= 0.3 is 6.09 Å². The largest absolute Gasteiger partial charge is 0.444 e. The summed E-state index contributed by atoms with van der Waals surface area (Å²) in [6.07, 6.45) is 9.58. The highest BCUT2D eigenvalue weighted by Crippen LogP contribution is 2.48. The second-order valence-corrected chi connectivity index (χ2v) is 19.5. The average molecular weight is 874 g/mol. The van der Waals surface area contributed by atoms with Crippen LogP contribution < -0.4 is 37.2 Å². The number of nitrogens with one attached hydrogen (secondary N) is 7. The molecular weight excluding hydrogens is 795 g/mol. The lowest BCUT2D eigenvalue weighted by Crippen LogP contribution is -2.64. The van der Waals surface area contributed by atoms with Crippen molar-refractivity contribution in [3.8, 4) is 0 Å². The van der Waals surface area contributed by atoms with Crippen molar-refractivity contribution in [1.82, 2.24) is 47.0 Å². The number of alkyl carbamates (subject to hydrolysis) is 1. The van der Waals surface area contributed by atoms with E-state index in [-0.39, 0.29) is 35.6 Å². The van der Waals surface area contributed by atoms with Crippen LogP contribution in [0, 0.1) is 17.3 Å². The molecule has 2 heterocycles. The maximum atomic E-state index is 14.7. The summed E-state index contributed by atoms with van der Waals surface area (Å²) in [5.41, 5.74) is -0.695. The molecule has 1 spiro atoms. The van der Waals surface area contributed by atoms with Gasteiger partial charge in [-0.3, -0.25) is 33.7 Å². The summed E-state index contributed by atoms with van der Waals surface area (Å²) in [4.78, 5) is 102. The lowest BCUT2D eigenvalue weighted by Gasteiger charge is -2.53. The third-order valence-corrected chi connectivity index (χ3v) is 13.0. The number of carbonyl (C=O) groups excluding carboxylic acids is 7. The predicted molar refractivity (Wildman–Crippen MR) is 237 cm³/mol. The molecule has 0 aromatic carbocycles. The molecule has 0 aromatic rings. The second kappa shape index (κ2) is 23.6. The normalized spacial score (nSPS) is 27.7. The lowest BCUT2D eigenvalue weighted by molar-refractivity contribution is -0.145. The van der Waals surface area contributed by atoms with Crippen molar-refractivity contribution in [3.05, 3.63) is 0 Å². The van der Waals surface area contributed by atoms with Crippen molar-refractivity contribution >= 4 is 41.5 Å². The van der Waals surface area contributed by atoms with E-state index in [1.807, 2.05) is 13.8 Å². The van der Waals surface area contributed by atoms with Gasteiger partial charge in [-0.25, -0.2) is 4.79 Å². The standard InChI is InChI=1S/C45H79N9O8/c1-9-12-20-35-42(60)53(8)34(17-11-3)40(58)52-36(30-18-15-14-16-19-30)41(59)51-33(25-48-43(61)62-44(5,6)7)39(57)50-32(38(56)49-29(4)26-54(35)21-13-10-2)24-47-37(55)31-22-45(23-31)27-46-28-45/h29-36,46H,9-28H2,1-8H3,(H,47,55)(H,48,61)(H,49,56)(H,50,57)(H,51,59)(H,52,58)/t29-,32+,33+,34+,35+,36+/m1/s1. The van der Waals surface area contributed by atoms with Crippen molar-refractivity contribution in [2.75, 3.05) is 46.3 Å². The third kappa shape index (κ3) is 14.5. The minimum atomic E-state index is -1.41. The number of nitrogens with zero attached hydrogens (tertiary/aromatic N) is 2. The van der Waals surface area contributed by atoms with Gasteiger partial charge in [-0.05, 0) is 90.5 Å². The van der Waals surface area contributed by atoms with Gasteiger partial charge in [0.05, 0.1) is 12.6 Å². The number of amides is 7. The zero-order valence-corrected chi connectivity index (χ0v) is 38.9. The van der Waals surface area contributed by atoms with Gasteiger partial charge in [0, 0.05) is 45.2 Å². The van der Waals surface area contributed by atoms with E-state index in [2.05, 4.69) is 56.0 Å². The van der Waals surface area contributed by atoms with Gasteiger partial charge in [-0.15, -0.1) is 0 Å². The molecule has 4 aliphatic rings. The highest BCUT2D eigenvalue weighted by molar-refractivity contribution is 5.96. The summed E-state index contributed by atoms with van der Waals surface area (Å²) in [7, 11) is 1.66. The summed E-state index contributed by atoms with van der Waals surface area (Å²) < 4.78 is 5.43. The van der Waals surface area contributed by atoms with Gasteiger partial charge < -0.3 is 46.9 Å². The zero-order valence-electron chi connectivity index (χ0n) is 38.9. The molecule has 352 valence electrons. The van der Waals surface area contributed by atoms with Crippen LogP contribution in [-0.2, 0) is 33.5 Å². The number of likely N-dealkylation sites (N-methyl/N-ethyl adjacent to an activating group) is 1. The van der Waals surface area contributed by atoms with Gasteiger partial charge in [-0.2, -0.15) is 0 Å². The Morgan fingerprint density at radius 3 is 1.95 bits per heavy atom. The molecule has 0 unspecified atom stereocenters. The van der Waals surface area contributed by atoms with E-state index in [0.29, 0.717) is 45.2 Å². The van der Waals surface area contributed by atoms with Crippen molar-refractivity contribution in [2.45, 2.75) is 180 Å². The summed E-state index contributed by atoms with van der Waals surface area (Å²) in [5.74, 6) is -3.24. The van der Waals surface area contributed by atoms with Crippen LogP contribution in [0.1, 0.15) is 138 Å². The van der Waals surface area contributed by atoms with Gasteiger partial charge in [0.25, 0.3) is 0 Å². The van der Waals surface area contributed by atoms with Crippen LogP contribution in [0.2, 0.25) is 0 Å². The van der Waals surface area contributed by atoms with Gasteiger partial charge in [-0.1, -0.05) is 65.7 Å². The summed E-state index contributed by atoms with van der Waals surface area (Å²) in [5, 5.41) is 20.4. The van der Waals surface area contributed by atoms with Gasteiger partial charge in [0.1, 0.15) is 29.8 Å². The Kier molecular flexibility index (Phi) is 19.3. The van der Waals surface area contributed by atoms with Crippen LogP contribution >= 0.6 is 0 Å². The van der Waals surface area contributed by atoms with Gasteiger partial charge in [0.15, 0.2) is 0 Å². The molecule has 7 amide bonds. The average Bonchev–Trinajstić information content (AvgIpc) is 3.18. The molecule has 4 fully saturated rings. The second-order valence-electron chi connectivity index (χ2n) is 19.5. The summed E-state index contributed by atoms with van der Waals surface area (Å²) in [6, 6.07) is -5.64. The Bertz CT molecular complexity index is 1540. The highest BCUT2D eigenvalue weighted by Gasteiger charge is 2.51. The van der Waals surface area contributed by atoms with E-state index in [0.717, 1.165) is 70.9 Å². The number of carbonyl (C=O) groups is 7. The monoisotopic (exact) mass is 874 g/mol. The molecule has 0 bridgehead atoms. The molecule has 0 aromatic heterocycles. The lowest BCUT2D eigenvalue weighted by atomic mass is 9.58. The quantitative estimate of drug-likeness (QED) is 0.135. The smallest absolute Gasteiger partial charge is 0.407 e. The number of rotatable bonds is 14. The number of hydrogen-bond acceptors (Lipinski definition) is 10. The molecule has 17 heteroatoms. The Morgan fingerprint density at radius 1 is 0.758 bits per heavy atom. The van der Waals surface area contributed by atoms with Crippen LogP contribution in [0.3, 0.4) is 0 Å². The van der Waals surface area contributed by atoms with E-state index >= 15 is 0 Å².